The second kappa shape index (κ2) is 5.39. The fourth-order valence-corrected chi connectivity index (χ4v) is 1.40. The SMILES string of the molecule is CC(CCCc1ccc(O)cc1)C(=O)O. The van der Waals surface area contributed by atoms with Gasteiger partial charge in [-0.05, 0) is 37.0 Å². The first-order valence-electron chi connectivity index (χ1n) is 5.10. The van der Waals surface area contributed by atoms with Crippen LogP contribution in [-0.2, 0) is 11.2 Å². The van der Waals surface area contributed by atoms with Crippen molar-refractivity contribution in [3.63, 3.8) is 0 Å². The van der Waals surface area contributed by atoms with Crippen LogP contribution in [0.25, 0.3) is 0 Å². The molecule has 82 valence electrons. The van der Waals surface area contributed by atoms with Crippen LogP contribution in [0.4, 0.5) is 0 Å². The molecule has 15 heavy (non-hydrogen) atoms. The Kier molecular flexibility index (Phi) is 4.16. The molecule has 0 amide bonds. The van der Waals surface area contributed by atoms with Crippen molar-refractivity contribution in [2.75, 3.05) is 0 Å². The molecule has 1 aromatic carbocycles. The fourth-order valence-electron chi connectivity index (χ4n) is 1.40. The van der Waals surface area contributed by atoms with E-state index in [2.05, 4.69) is 0 Å². The standard InChI is InChI=1S/C12H16O3/c1-9(12(14)15)3-2-4-10-5-7-11(13)8-6-10/h5-9,13H,2-4H2,1H3,(H,14,15). The highest BCUT2D eigenvalue weighted by atomic mass is 16.4. The first-order valence-corrected chi connectivity index (χ1v) is 5.10. The van der Waals surface area contributed by atoms with E-state index in [0.29, 0.717) is 6.42 Å². The van der Waals surface area contributed by atoms with Crippen molar-refractivity contribution in [2.24, 2.45) is 5.92 Å². The van der Waals surface area contributed by atoms with Crippen LogP contribution in [-0.4, -0.2) is 16.2 Å². The van der Waals surface area contributed by atoms with Gasteiger partial charge in [0.25, 0.3) is 0 Å². The van der Waals surface area contributed by atoms with Gasteiger partial charge in [0.1, 0.15) is 5.75 Å². The molecule has 0 aromatic heterocycles. The number of phenols is 1. The number of benzene rings is 1. The van der Waals surface area contributed by atoms with Gasteiger partial charge in [-0.3, -0.25) is 4.79 Å². The summed E-state index contributed by atoms with van der Waals surface area (Å²) in [5.74, 6) is -0.750. The second-order valence-electron chi connectivity index (χ2n) is 3.80. The van der Waals surface area contributed by atoms with Crippen LogP contribution in [0.5, 0.6) is 5.75 Å². The van der Waals surface area contributed by atoms with Crippen molar-refractivity contribution in [2.45, 2.75) is 26.2 Å². The molecule has 1 rings (SSSR count). The fraction of sp³-hybridized carbons (Fsp3) is 0.417. The molecule has 0 bridgehead atoms. The summed E-state index contributed by atoms with van der Waals surface area (Å²) >= 11 is 0. The van der Waals surface area contributed by atoms with Gasteiger partial charge in [-0.1, -0.05) is 19.1 Å². The predicted octanol–water partition coefficient (Wildman–Crippen LogP) is 2.44. The Hall–Kier alpha value is -1.51. The largest absolute Gasteiger partial charge is 0.508 e. The quantitative estimate of drug-likeness (QED) is 0.781. The molecule has 0 fully saturated rings. The highest BCUT2D eigenvalue weighted by Crippen LogP contribution is 2.14. The number of aryl methyl sites for hydroxylation is 1. The summed E-state index contributed by atoms with van der Waals surface area (Å²) in [4.78, 5) is 10.6. The van der Waals surface area contributed by atoms with Crippen molar-refractivity contribution in [1.29, 1.82) is 0 Å². The minimum atomic E-state index is -0.735. The van der Waals surface area contributed by atoms with Gasteiger partial charge in [-0.25, -0.2) is 0 Å². The lowest BCUT2D eigenvalue weighted by Gasteiger charge is -2.05. The van der Waals surface area contributed by atoms with Crippen LogP contribution in [0.3, 0.4) is 0 Å². The van der Waals surface area contributed by atoms with E-state index in [-0.39, 0.29) is 11.7 Å². The van der Waals surface area contributed by atoms with E-state index in [0.717, 1.165) is 18.4 Å². The van der Waals surface area contributed by atoms with E-state index in [1.54, 1.807) is 19.1 Å². The first kappa shape index (κ1) is 11.6. The summed E-state index contributed by atoms with van der Waals surface area (Å²) in [5.41, 5.74) is 1.13. The number of hydrogen-bond donors (Lipinski definition) is 2. The molecule has 0 saturated carbocycles. The van der Waals surface area contributed by atoms with Crippen LogP contribution >= 0.6 is 0 Å². The molecule has 1 unspecified atom stereocenters. The van der Waals surface area contributed by atoms with Crippen LogP contribution in [0.15, 0.2) is 24.3 Å². The minimum Gasteiger partial charge on any atom is -0.508 e. The molecule has 3 heteroatoms. The van der Waals surface area contributed by atoms with Crippen molar-refractivity contribution < 1.29 is 15.0 Å². The van der Waals surface area contributed by atoms with E-state index in [4.69, 9.17) is 10.2 Å². The number of carboxylic acid groups (broad SMARTS) is 1. The van der Waals surface area contributed by atoms with E-state index < -0.39 is 5.97 Å². The van der Waals surface area contributed by atoms with Crippen molar-refractivity contribution in [1.82, 2.24) is 0 Å². The third kappa shape index (κ3) is 4.02. The number of carbonyl (C=O) groups is 1. The molecule has 0 saturated heterocycles. The topological polar surface area (TPSA) is 57.5 Å². The molecule has 0 radical (unpaired) electrons. The smallest absolute Gasteiger partial charge is 0.306 e. The van der Waals surface area contributed by atoms with E-state index in [1.165, 1.54) is 0 Å². The Bertz CT molecular complexity index is 316. The zero-order chi connectivity index (χ0) is 11.3. The Balaban J connectivity index is 2.32. The maximum Gasteiger partial charge on any atom is 0.306 e. The summed E-state index contributed by atoms with van der Waals surface area (Å²) in [6.07, 6.45) is 2.41. The lowest BCUT2D eigenvalue weighted by molar-refractivity contribution is -0.141. The predicted molar refractivity (Wildman–Crippen MR) is 57.8 cm³/mol. The summed E-state index contributed by atoms with van der Waals surface area (Å²) in [6, 6.07) is 7.02. The molecule has 1 atom stereocenters. The summed E-state index contributed by atoms with van der Waals surface area (Å²) in [7, 11) is 0. The molecular formula is C12H16O3. The average molecular weight is 208 g/mol. The Morgan fingerprint density at radius 2 is 1.93 bits per heavy atom. The lowest BCUT2D eigenvalue weighted by atomic mass is 10.0. The average Bonchev–Trinajstić information content (AvgIpc) is 2.20. The molecule has 0 heterocycles. The zero-order valence-electron chi connectivity index (χ0n) is 8.81. The van der Waals surface area contributed by atoms with Crippen molar-refractivity contribution >= 4 is 5.97 Å². The molecule has 0 aliphatic heterocycles. The van der Waals surface area contributed by atoms with Gasteiger partial charge in [-0.2, -0.15) is 0 Å². The van der Waals surface area contributed by atoms with Crippen molar-refractivity contribution in [3.8, 4) is 5.75 Å². The van der Waals surface area contributed by atoms with Gasteiger partial charge in [0, 0.05) is 0 Å². The third-order valence-electron chi connectivity index (χ3n) is 2.46. The Morgan fingerprint density at radius 3 is 2.47 bits per heavy atom. The summed E-state index contributed by atoms with van der Waals surface area (Å²) in [6.45, 7) is 1.72. The van der Waals surface area contributed by atoms with Crippen LogP contribution in [0.1, 0.15) is 25.3 Å². The van der Waals surface area contributed by atoms with Gasteiger partial charge in [-0.15, -0.1) is 0 Å². The van der Waals surface area contributed by atoms with Crippen LogP contribution in [0, 0.1) is 5.92 Å². The second-order valence-corrected chi connectivity index (χ2v) is 3.80. The van der Waals surface area contributed by atoms with E-state index in [9.17, 15) is 4.79 Å². The molecule has 1 aromatic rings. The Morgan fingerprint density at radius 1 is 1.33 bits per heavy atom. The highest BCUT2D eigenvalue weighted by molar-refractivity contribution is 5.69. The van der Waals surface area contributed by atoms with E-state index in [1.807, 2.05) is 12.1 Å². The zero-order valence-corrected chi connectivity index (χ0v) is 8.81. The maximum atomic E-state index is 10.6. The van der Waals surface area contributed by atoms with Gasteiger partial charge < -0.3 is 10.2 Å². The molecule has 2 N–H and O–H groups in total. The Labute approximate surface area is 89.4 Å². The molecule has 0 spiro atoms. The molecular weight excluding hydrogens is 192 g/mol. The highest BCUT2D eigenvalue weighted by Gasteiger charge is 2.09. The van der Waals surface area contributed by atoms with Gasteiger partial charge in [0.05, 0.1) is 5.92 Å². The van der Waals surface area contributed by atoms with Crippen molar-refractivity contribution in [3.05, 3.63) is 29.8 Å². The maximum absolute atomic E-state index is 10.6. The van der Waals surface area contributed by atoms with E-state index >= 15 is 0 Å². The van der Waals surface area contributed by atoms with Crippen LogP contribution in [0.2, 0.25) is 0 Å². The lowest BCUT2D eigenvalue weighted by Crippen LogP contribution is -2.09. The number of aromatic hydroxyl groups is 1. The number of carboxylic acids is 1. The molecule has 3 nitrogen and oxygen atoms in total. The number of aliphatic carboxylic acids is 1. The van der Waals surface area contributed by atoms with Gasteiger partial charge in [0.15, 0.2) is 0 Å². The summed E-state index contributed by atoms with van der Waals surface area (Å²) < 4.78 is 0. The minimum absolute atomic E-state index is 0.262. The third-order valence-corrected chi connectivity index (χ3v) is 2.46. The normalized spacial score (nSPS) is 12.3. The van der Waals surface area contributed by atoms with Gasteiger partial charge in [0.2, 0.25) is 0 Å². The first-order chi connectivity index (χ1) is 7.09. The number of rotatable bonds is 5. The molecule has 0 aliphatic carbocycles. The molecule has 0 aliphatic rings. The van der Waals surface area contributed by atoms with Crippen LogP contribution < -0.4 is 0 Å². The monoisotopic (exact) mass is 208 g/mol. The number of phenolic OH excluding ortho intramolecular Hbond substituents is 1. The number of hydrogen-bond acceptors (Lipinski definition) is 2. The van der Waals surface area contributed by atoms with Gasteiger partial charge >= 0.3 is 5.97 Å². The summed E-state index contributed by atoms with van der Waals surface area (Å²) in [5, 5.41) is 17.7.